The van der Waals surface area contributed by atoms with Crippen LogP contribution in [0.3, 0.4) is 0 Å². The van der Waals surface area contributed by atoms with Crippen molar-refractivity contribution in [3.8, 4) is 0 Å². The van der Waals surface area contributed by atoms with E-state index in [2.05, 4.69) is 35.6 Å². The molecule has 0 amide bonds. The van der Waals surface area contributed by atoms with Gasteiger partial charge in [-0.25, -0.2) is 4.98 Å². The van der Waals surface area contributed by atoms with Crippen LogP contribution in [0.5, 0.6) is 0 Å². The molecule has 0 fully saturated rings. The molecular weight excluding hydrogens is 361 g/mol. The van der Waals surface area contributed by atoms with Gasteiger partial charge in [0.15, 0.2) is 5.82 Å². The van der Waals surface area contributed by atoms with Gasteiger partial charge in [-0.2, -0.15) is 10.2 Å². The molecule has 0 saturated heterocycles. The summed E-state index contributed by atoms with van der Waals surface area (Å²) in [6, 6.07) is 8.01. The maximum atomic E-state index is 5.84. The second-order valence-electron chi connectivity index (χ2n) is 5.18. The minimum atomic E-state index is 0.502. The number of hydrogen-bond donors (Lipinski definition) is 2. The Balaban J connectivity index is 1.66. The molecule has 130 valence electrons. The minimum absolute atomic E-state index is 0.502. The molecule has 0 saturated carbocycles. The van der Waals surface area contributed by atoms with Crippen molar-refractivity contribution < 1.29 is 0 Å². The first-order chi connectivity index (χ1) is 12.3. The van der Waals surface area contributed by atoms with E-state index in [9.17, 15) is 0 Å². The predicted molar refractivity (Wildman–Crippen MR) is 103 cm³/mol. The van der Waals surface area contributed by atoms with Gasteiger partial charge >= 0.3 is 0 Å². The predicted octanol–water partition coefficient (Wildman–Crippen LogP) is 3.08. The highest BCUT2D eigenvalue weighted by molar-refractivity contribution is 6.18. The van der Waals surface area contributed by atoms with E-state index < -0.39 is 0 Å². The normalized spacial score (nSPS) is 11.3. The van der Waals surface area contributed by atoms with Crippen LogP contribution in [0.4, 0.5) is 11.5 Å². The summed E-state index contributed by atoms with van der Waals surface area (Å²) in [5, 5.41) is 12.1. The number of H-pyrrole nitrogens is 1. The van der Waals surface area contributed by atoms with Crippen LogP contribution in [0.2, 0.25) is 0 Å². The third-order valence-corrected chi connectivity index (χ3v) is 3.93. The second kappa shape index (κ2) is 8.64. The van der Waals surface area contributed by atoms with Gasteiger partial charge in [-0.05, 0) is 17.7 Å². The van der Waals surface area contributed by atoms with Crippen LogP contribution in [-0.2, 0) is 0 Å². The van der Waals surface area contributed by atoms with Crippen LogP contribution in [0.1, 0.15) is 5.56 Å². The molecule has 2 N–H and O–H groups in total. The van der Waals surface area contributed by atoms with E-state index in [1.165, 1.54) is 0 Å². The van der Waals surface area contributed by atoms with Crippen molar-refractivity contribution in [2.75, 3.05) is 35.2 Å². The molecule has 0 spiro atoms. The monoisotopic (exact) mass is 377 g/mol. The minimum Gasteiger partial charge on any atom is -0.369 e. The van der Waals surface area contributed by atoms with Crippen LogP contribution < -0.4 is 10.3 Å². The lowest BCUT2D eigenvalue weighted by atomic mass is 10.2. The Kier molecular flexibility index (Phi) is 6.03. The van der Waals surface area contributed by atoms with E-state index in [0.29, 0.717) is 23.1 Å². The summed E-state index contributed by atoms with van der Waals surface area (Å²) >= 11 is 11.7. The van der Waals surface area contributed by atoms with E-state index in [0.717, 1.165) is 29.9 Å². The van der Waals surface area contributed by atoms with Gasteiger partial charge in [0.2, 0.25) is 0 Å². The molecule has 7 nitrogen and oxygen atoms in total. The average Bonchev–Trinajstić information content (AvgIpc) is 3.12. The summed E-state index contributed by atoms with van der Waals surface area (Å²) in [5.41, 5.74) is 6.40. The third kappa shape index (κ3) is 4.37. The van der Waals surface area contributed by atoms with Gasteiger partial charge in [0.25, 0.3) is 0 Å². The van der Waals surface area contributed by atoms with Crippen molar-refractivity contribution in [3.63, 3.8) is 0 Å². The van der Waals surface area contributed by atoms with Crippen LogP contribution in [0, 0.1) is 0 Å². The fourth-order valence-electron chi connectivity index (χ4n) is 2.37. The van der Waals surface area contributed by atoms with E-state index in [1.807, 2.05) is 24.3 Å². The molecule has 3 rings (SSSR count). The molecular formula is C16H17Cl2N7. The molecule has 2 heterocycles. The fourth-order valence-corrected chi connectivity index (χ4v) is 2.78. The number of halogens is 2. The number of rotatable bonds is 8. The molecule has 2 aromatic heterocycles. The molecule has 0 aliphatic heterocycles. The Morgan fingerprint density at radius 2 is 1.92 bits per heavy atom. The number of alkyl halides is 2. The lowest BCUT2D eigenvalue weighted by molar-refractivity contribution is 0.874. The van der Waals surface area contributed by atoms with E-state index in [1.54, 1.807) is 18.7 Å². The Hall–Kier alpha value is -2.38. The van der Waals surface area contributed by atoms with Crippen molar-refractivity contribution in [1.82, 2.24) is 20.2 Å². The molecule has 0 unspecified atom stereocenters. The van der Waals surface area contributed by atoms with Crippen molar-refractivity contribution in [2.24, 2.45) is 5.10 Å². The Morgan fingerprint density at radius 1 is 1.16 bits per heavy atom. The fraction of sp³-hybridized carbons (Fsp3) is 0.250. The van der Waals surface area contributed by atoms with Gasteiger partial charge < -0.3 is 9.88 Å². The molecule has 0 aliphatic rings. The second-order valence-corrected chi connectivity index (χ2v) is 5.94. The number of fused-ring (bicyclic) bond motifs is 1. The molecule has 0 radical (unpaired) electrons. The number of hydrogen-bond acceptors (Lipinski definition) is 6. The third-order valence-electron chi connectivity index (χ3n) is 3.59. The molecule has 25 heavy (non-hydrogen) atoms. The summed E-state index contributed by atoms with van der Waals surface area (Å²) in [6.07, 6.45) is 4.92. The summed E-state index contributed by atoms with van der Waals surface area (Å²) in [4.78, 5) is 9.31. The molecule has 9 heteroatoms. The molecule has 3 aromatic rings. The number of aromatic nitrogens is 4. The highest BCUT2D eigenvalue weighted by Gasteiger charge is 2.05. The van der Waals surface area contributed by atoms with Crippen molar-refractivity contribution >= 4 is 52.0 Å². The first kappa shape index (κ1) is 17.4. The first-order valence-electron chi connectivity index (χ1n) is 7.72. The van der Waals surface area contributed by atoms with Crippen molar-refractivity contribution in [2.45, 2.75) is 0 Å². The Bertz CT molecular complexity index is 826. The number of hydrazone groups is 1. The highest BCUT2D eigenvalue weighted by atomic mass is 35.5. The number of nitrogens with one attached hydrogen (secondary N) is 2. The standard InChI is InChI=1S/C16H17Cl2N7/c17-5-7-25(8-6-18)13-3-1-12(2-4-13)9-21-23-16-15-14(10-22-24-16)19-11-20-15/h1-4,9-11H,5-8H2,(H,19,20)(H,23,24)/b21-9+. The number of nitrogens with zero attached hydrogens (tertiary/aromatic N) is 5. The number of anilines is 2. The molecule has 1 aromatic carbocycles. The zero-order valence-electron chi connectivity index (χ0n) is 13.4. The van der Waals surface area contributed by atoms with Gasteiger partial charge in [-0.1, -0.05) is 12.1 Å². The van der Waals surface area contributed by atoms with Crippen LogP contribution in [0.25, 0.3) is 11.0 Å². The highest BCUT2D eigenvalue weighted by Crippen LogP contribution is 2.16. The van der Waals surface area contributed by atoms with Gasteiger partial charge in [-0.3, -0.25) is 5.43 Å². The van der Waals surface area contributed by atoms with Crippen molar-refractivity contribution in [3.05, 3.63) is 42.4 Å². The van der Waals surface area contributed by atoms with Crippen LogP contribution in [-0.4, -0.2) is 51.2 Å². The summed E-state index contributed by atoms with van der Waals surface area (Å²) in [5.74, 6) is 1.62. The average molecular weight is 378 g/mol. The quantitative estimate of drug-likeness (QED) is 0.358. The molecule has 0 atom stereocenters. The SMILES string of the molecule is ClCCN(CCCl)c1ccc(/C=N/Nc2nncc3[nH]cnc23)cc1. The summed E-state index contributed by atoms with van der Waals surface area (Å²) in [6.45, 7) is 1.52. The topological polar surface area (TPSA) is 82.1 Å². The Labute approximate surface area is 155 Å². The van der Waals surface area contributed by atoms with Crippen LogP contribution in [0.15, 0.2) is 41.9 Å². The number of aromatic amines is 1. The zero-order chi connectivity index (χ0) is 17.5. The van der Waals surface area contributed by atoms with Gasteiger partial charge in [0.1, 0.15) is 5.52 Å². The maximum Gasteiger partial charge on any atom is 0.197 e. The Morgan fingerprint density at radius 3 is 2.64 bits per heavy atom. The summed E-state index contributed by atoms with van der Waals surface area (Å²) < 4.78 is 0. The zero-order valence-corrected chi connectivity index (χ0v) is 14.9. The smallest absolute Gasteiger partial charge is 0.197 e. The number of benzene rings is 1. The lowest BCUT2D eigenvalue weighted by Crippen LogP contribution is -2.27. The molecule has 0 bridgehead atoms. The first-order valence-corrected chi connectivity index (χ1v) is 8.79. The van der Waals surface area contributed by atoms with Crippen LogP contribution >= 0.6 is 23.2 Å². The molecule has 0 aliphatic carbocycles. The summed E-state index contributed by atoms with van der Waals surface area (Å²) in [7, 11) is 0. The van der Waals surface area contributed by atoms with Gasteiger partial charge in [-0.15, -0.1) is 28.3 Å². The van der Waals surface area contributed by atoms with E-state index in [4.69, 9.17) is 23.2 Å². The van der Waals surface area contributed by atoms with Crippen molar-refractivity contribution in [1.29, 1.82) is 0 Å². The van der Waals surface area contributed by atoms with Gasteiger partial charge in [0, 0.05) is 30.5 Å². The lowest BCUT2D eigenvalue weighted by Gasteiger charge is -2.22. The largest absolute Gasteiger partial charge is 0.369 e. The van der Waals surface area contributed by atoms with E-state index in [-0.39, 0.29) is 0 Å². The number of imidazole rings is 1. The van der Waals surface area contributed by atoms with Gasteiger partial charge in [0.05, 0.1) is 24.3 Å². The maximum absolute atomic E-state index is 5.84. The van der Waals surface area contributed by atoms with E-state index >= 15 is 0 Å².